The molecule has 0 amide bonds. The average molecular weight is 520 g/mol. The van der Waals surface area contributed by atoms with E-state index in [-0.39, 0.29) is 18.1 Å². The number of carbonyl (C=O) groups is 2. The number of H-pyrrole nitrogens is 1. The van der Waals surface area contributed by atoms with Crippen LogP contribution in [0.2, 0.25) is 0 Å². The summed E-state index contributed by atoms with van der Waals surface area (Å²) in [5.41, 5.74) is 2.03. The smallest absolute Gasteiger partial charge is 0.339 e. The molecular formula is C27H33N7O4. The first-order valence-corrected chi connectivity index (χ1v) is 13.3. The molecule has 0 aliphatic carbocycles. The van der Waals surface area contributed by atoms with Gasteiger partial charge in [0.2, 0.25) is 0 Å². The van der Waals surface area contributed by atoms with E-state index in [9.17, 15) is 9.59 Å². The Morgan fingerprint density at radius 3 is 2.66 bits per heavy atom. The second kappa shape index (κ2) is 10.2. The van der Waals surface area contributed by atoms with E-state index in [0.717, 1.165) is 43.2 Å². The zero-order chi connectivity index (χ0) is 26.2. The van der Waals surface area contributed by atoms with Crippen molar-refractivity contribution in [1.82, 2.24) is 25.1 Å². The van der Waals surface area contributed by atoms with Crippen molar-refractivity contribution in [3.8, 4) is 0 Å². The predicted molar refractivity (Wildman–Crippen MR) is 141 cm³/mol. The molecule has 3 aromatic rings. The Labute approximate surface area is 220 Å². The summed E-state index contributed by atoms with van der Waals surface area (Å²) in [6.07, 6.45) is 8.32. The molecule has 11 heteroatoms. The first-order valence-electron chi connectivity index (χ1n) is 13.3. The maximum absolute atomic E-state index is 12.2. The highest BCUT2D eigenvalue weighted by Gasteiger charge is 2.43. The molecule has 6 rings (SSSR count). The maximum atomic E-state index is 12.2. The first kappa shape index (κ1) is 24.6. The van der Waals surface area contributed by atoms with Gasteiger partial charge in [0.05, 0.1) is 31.2 Å². The van der Waals surface area contributed by atoms with Crippen molar-refractivity contribution in [3.63, 3.8) is 0 Å². The molecule has 3 aromatic heterocycles. The summed E-state index contributed by atoms with van der Waals surface area (Å²) in [7, 11) is 1.36. The van der Waals surface area contributed by atoms with E-state index >= 15 is 0 Å². The Hall–Kier alpha value is -3.73. The molecule has 0 radical (unpaired) electrons. The number of esters is 2. The quantitative estimate of drug-likeness (QED) is 0.414. The number of piperidine rings is 2. The molecule has 3 saturated heterocycles. The minimum Gasteiger partial charge on any atom is -0.466 e. The Morgan fingerprint density at radius 2 is 1.95 bits per heavy atom. The molecule has 3 fully saturated rings. The lowest BCUT2D eigenvalue weighted by Gasteiger charge is -2.52. The minimum atomic E-state index is -0.437. The van der Waals surface area contributed by atoms with E-state index in [1.54, 1.807) is 6.07 Å². The van der Waals surface area contributed by atoms with Gasteiger partial charge >= 0.3 is 11.9 Å². The van der Waals surface area contributed by atoms with E-state index < -0.39 is 5.97 Å². The fourth-order valence-corrected chi connectivity index (χ4v) is 6.38. The molecule has 38 heavy (non-hydrogen) atoms. The number of rotatable bonds is 6. The van der Waals surface area contributed by atoms with Crippen LogP contribution in [0.25, 0.3) is 10.9 Å². The monoisotopic (exact) mass is 519 g/mol. The molecule has 3 aliphatic rings. The van der Waals surface area contributed by atoms with E-state index in [1.807, 2.05) is 19.1 Å². The number of aryl methyl sites for hydroxylation is 1. The fraction of sp³-hybridized carbons (Fsp3) is 0.519. The number of methoxy groups -OCH3 is 1. The van der Waals surface area contributed by atoms with Gasteiger partial charge in [0.15, 0.2) is 5.82 Å². The molecule has 0 saturated carbocycles. The second-order valence-corrected chi connectivity index (χ2v) is 10.6. The number of hydrogen-bond donors (Lipinski definition) is 3. The molecule has 6 heterocycles. The van der Waals surface area contributed by atoms with Crippen molar-refractivity contribution in [2.75, 3.05) is 24.4 Å². The van der Waals surface area contributed by atoms with Gasteiger partial charge in [-0.15, -0.1) is 0 Å². The van der Waals surface area contributed by atoms with Crippen LogP contribution in [-0.2, 0) is 14.3 Å². The molecule has 3 N–H and O–H groups in total. The number of nitrogens with zero attached hydrogens (tertiary/aromatic N) is 4. The van der Waals surface area contributed by atoms with Crippen LogP contribution in [-0.4, -0.2) is 74.9 Å². The third-order valence-electron chi connectivity index (χ3n) is 7.97. The van der Waals surface area contributed by atoms with E-state index in [1.165, 1.54) is 19.7 Å². The van der Waals surface area contributed by atoms with Gasteiger partial charge in [0.1, 0.15) is 11.6 Å². The molecule has 2 unspecified atom stereocenters. The van der Waals surface area contributed by atoms with Crippen molar-refractivity contribution in [1.29, 1.82) is 0 Å². The fourth-order valence-electron chi connectivity index (χ4n) is 6.38. The van der Waals surface area contributed by atoms with Crippen LogP contribution in [0.5, 0.6) is 0 Å². The molecule has 4 atom stereocenters. The minimum absolute atomic E-state index is 0.0828. The van der Waals surface area contributed by atoms with Crippen LogP contribution in [0.3, 0.4) is 0 Å². The number of fused-ring (bicyclic) bond motifs is 3. The molecule has 2 bridgehead atoms. The van der Waals surface area contributed by atoms with Crippen molar-refractivity contribution in [3.05, 3.63) is 35.7 Å². The number of cyclic esters (lactones) is 1. The zero-order valence-corrected chi connectivity index (χ0v) is 21.7. The Balaban J connectivity index is 1.29. The van der Waals surface area contributed by atoms with Gasteiger partial charge in [-0.1, -0.05) is 6.42 Å². The van der Waals surface area contributed by atoms with Crippen molar-refractivity contribution < 1.29 is 19.1 Å². The number of aromatic nitrogens is 4. The van der Waals surface area contributed by atoms with Gasteiger partial charge in [-0.2, -0.15) is 5.10 Å². The zero-order valence-electron chi connectivity index (χ0n) is 21.7. The summed E-state index contributed by atoms with van der Waals surface area (Å²) in [6.45, 7) is 2.45. The van der Waals surface area contributed by atoms with Crippen molar-refractivity contribution in [2.45, 2.75) is 76.0 Å². The van der Waals surface area contributed by atoms with E-state index in [0.29, 0.717) is 53.6 Å². The van der Waals surface area contributed by atoms with Crippen LogP contribution in [0.15, 0.2) is 24.4 Å². The van der Waals surface area contributed by atoms with Gasteiger partial charge in [0, 0.05) is 53.6 Å². The highest BCUT2D eigenvalue weighted by atomic mass is 16.5. The van der Waals surface area contributed by atoms with Gasteiger partial charge in [0.25, 0.3) is 0 Å². The predicted octanol–water partition coefficient (Wildman–Crippen LogP) is 3.69. The van der Waals surface area contributed by atoms with Crippen LogP contribution < -0.4 is 10.6 Å². The lowest BCUT2D eigenvalue weighted by atomic mass is 9.79. The Kier molecular flexibility index (Phi) is 6.61. The molecule has 0 aromatic carbocycles. The Bertz CT molecular complexity index is 1340. The molecule has 3 aliphatic heterocycles. The Morgan fingerprint density at radius 1 is 1.13 bits per heavy atom. The summed E-state index contributed by atoms with van der Waals surface area (Å²) in [5, 5.41) is 14.9. The summed E-state index contributed by atoms with van der Waals surface area (Å²) in [4.78, 5) is 36.3. The second-order valence-electron chi connectivity index (χ2n) is 10.6. The van der Waals surface area contributed by atoms with Crippen LogP contribution in [0.1, 0.15) is 61.0 Å². The average Bonchev–Trinajstić information content (AvgIpc) is 3.31. The number of aromatic amines is 1. The maximum Gasteiger partial charge on any atom is 0.339 e. The third-order valence-corrected chi connectivity index (χ3v) is 7.97. The highest BCUT2D eigenvalue weighted by molar-refractivity contribution is 5.98. The molecule has 11 nitrogen and oxygen atoms in total. The summed E-state index contributed by atoms with van der Waals surface area (Å²) < 4.78 is 10.1. The van der Waals surface area contributed by atoms with Crippen LogP contribution in [0, 0.1) is 6.92 Å². The summed E-state index contributed by atoms with van der Waals surface area (Å²) in [5.74, 6) is 1.44. The number of pyridine rings is 2. The number of nitrogens with one attached hydrogen (secondary N) is 3. The number of carbonyl (C=O) groups excluding carboxylic acids is 2. The lowest BCUT2D eigenvalue weighted by Crippen LogP contribution is -2.59. The normalized spacial score (nSPS) is 25.6. The lowest BCUT2D eigenvalue weighted by molar-refractivity contribution is -0.152. The van der Waals surface area contributed by atoms with Crippen LogP contribution >= 0.6 is 0 Å². The first-order chi connectivity index (χ1) is 18.5. The van der Waals surface area contributed by atoms with Crippen molar-refractivity contribution >= 4 is 40.3 Å². The van der Waals surface area contributed by atoms with E-state index in [2.05, 4.69) is 30.7 Å². The van der Waals surface area contributed by atoms with E-state index in [4.69, 9.17) is 14.5 Å². The van der Waals surface area contributed by atoms with Gasteiger partial charge in [-0.3, -0.25) is 19.8 Å². The standard InChI is InChI=1S/C27H33N7O4/c1-15-8-24(33-32-15)30-23-13-22-21(9-16(14-28-22)27(36)37-2)26(31-23)29-17-10-18-4-3-5-19(11-17)34(18)20-6-7-38-25(35)12-20/h8-9,13-14,17-20H,3-7,10-12H2,1-2H3,(H3,29,30,31,32,33)/t17?,18-,19+,20?. The van der Waals surface area contributed by atoms with Crippen LogP contribution in [0.4, 0.5) is 17.5 Å². The van der Waals surface area contributed by atoms with Gasteiger partial charge in [-0.25, -0.2) is 9.78 Å². The third kappa shape index (κ3) is 4.90. The molecular weight excluding hydrogens is 486 g/mol. The van der Waals surface area contributed by atoms with Crippen molar-refractivity contribution in [2.24, 2.45) is 0 Å². The van der Waals surface area contributed by atoms with Gasteiger partial charge in [-0.05, 0) is 45.1 Å². The number of anilines is 3. The highest BCUT2D eigenvalue weighted by Crippen LogP contribution is 2.39. The largest absolute Gasteiger partial charge is 0.466 e. The summed E-state index contributed by atoms with van der Waals surface area (Å²) >= 11 is 0. The SMILES string of the molecule is COC(=O)c1cnc2cc(Nc3cc(C)[nH]n3)nc(NC3C[C@H]4CCC[C@@H](C3)N4C3CCOC(=O)C3)c2c1. The number of ether oxygens (including phenoxy) is 2. The molecule has 200 valence electrons. The summed E-state index contributed by atoms with van der Waals surface area (Å²) in [6, 6.07) is 6.85. The number of hydrogen-bond acceptors (Lipinski definition) is 10. The van der Waals surface area contributed by atoms with Gasteiger partial charge < -0.3 is 20.1 Å². The molecule has 0 spiro atoms. The topological polar surface area (TPSA) is 134 Å².